The van der Waals surface area contributed by atoms with E-state index in [0.717, 1.165) is 5.56 Å². The lowest BCUT2D eigenvalue weighted by Gasteiger charge is -2.10. The summed E-state index contributed by atoms with van der Waals surface area (Å²) in [5.41, 5.74) is 0.656. The van der Waals surface area contributed by atoms with Gasteiger partial charge in [0, 0.05) is 0 Å². The van der Waals surface area contributed by atoms with Gasteiger partial charge in [-0.05, 0) is 29.8 Å². The molecule has 98 valence electrons. The van der Waals surface area contributed by atoms with Crippen molar-refractivity contribution in [3.05, 3.63) is 64.4 Å². The van der Waals surface area contributed by atoms with E-state index in [4.69, 9.17) is 21.4 Å². The molecule has 19 heavy (non-hydrogen) atoms. The van der Waals surface area contributed by atoms with Gasteiger partial charge in [-0.2, -0.15) is 0 Å². The molecule has 5 heteroatoms. The molecule has 0 bridgehead atoms. The molecule has 0 aliphatic rings. The predicted molar refractivity (Wildman–Crippen MR) is 69.1 cm³/mol. The van der Waals surface area contributed by atoms with E-state index < -0.39 is 5.97 Å². The molecule has 0 aliphatic carbocycles. The molecule has 0 radical (unpaired) electrons. The number of carboxylic acids is 1. The first-order chi connectivity index (χ1) is 9.08. The summed E-state index contributed by atoms with van der Waals surface area (Å²) in [5.74, 6) is -1.30. The number of halogens is 2. The van der Waals surface area contributed by atoms with Gasteiger partial charge in [-0.3, -0.25) is 0 Å². The van der Waals surface area contributed by atoms with Crippen LogP contribution >= 0.6 is 11.6 Å². The third kappa shape index (κ3) is 3.23. The zero-order valence-corrected chi connectivity index (χ0v) is 10.5. The van der Waals surface area contributed by atoms with E-state index in [9.17, 15) is 9.18 Å². The Morgan fingerprint density at radius 3 is 2.53 bits per heavy atom. The highest BCUT2D eigenvalue weighted by molar-refractivity contribution is 6.33. The predicted octanol–water partition coefficient (Wildman–Crippen LogP) is 3.76. The average molecular weight is 281 g/mol. The normalized spacial score (nSPS) is 10.2. The van der Waals surface area contributed by atoms with Crippen molar-refractivity contribution in [2.45, 2.75) is 6.61 Å². The molecular formula is C14H10ClFO3. The molecule has 0 spiro atoms. The van der Waals surface area contributed by atoms with Crippen LogP contribution in [-0.4, -0.2) is 11.1 Å². The van der Waals surface area contributed by atoms with Crippen LogP contribution in [-0.2, 0) is 6.61 Å². The van der Waals surface area contributed by atoms with E-state index in [1.54, 1.807) is 18.2 Å². The Hall–Kier alpha value is -2.07. The van der Waals surface area contributed by atoms with Crippen LogP contribution in [0.5, 0.6) is 5.75 Å². The summed E-state index contributed by atoms with van der Waals surface area (Å²) in [7, 11) is 0. The second-order valence-corrected chi connectivity index (χ2v) is 4.24. The molecule has 0 fully saturated rings. The number of hydrogen-bond donors (Lipinski definition) is 1. The SMILES string of the molecule is O=C(O)c1c(Cl)cccc1OCc1ccc(F)cc1. The Balaban J connectivity index is 2.18. The summed E-state index contributed by atoms with van der Waals surface area (Å²) in [6.07, 6.45) is 0. The average Bonchev–Trinajstić information content (AvgIpc) is 2.37. The van der Waals surface area contributed by atoms with Gasteiger partial charge in [0.15, 0.2) is 0 Å². The highest BCUT2D eigenvalue weighted by atomic mass is 35.5. The smallest absolute Gasteiger partial charge is 0.341 e. The van der Waals surface area contributed by atoms with E-state index in [2.05, 4.69) is 0 Å². The zero-order valence-electron chi connectivity index (χ0n) is 9.77. The van der Waals surface area contributed by atoms with E-state index in [1.165, 1.54) is 24.3 Å². The third-order valence-electron chi connectivity index (χ3n) is 2.50. The van der Waals surface area contributed by atoms with E-state index in [1.807, 2.05) is 0 Å². The maximum Gasteiger partial charge on any atom is 0.341 e. The molecule has 0 heterocycles. The van der Waals surface area contributed by atoms with Crippen LogP contribution in [0.3, 0.4) is 0 Å². The monoisotopic (exact) mass is 280 g/mol. The van der Waals surface area contributed by atoms with Crippen molar-refractivity contribution in [3.63, 3.8) is 0 Å². The van der Waals surface area contributed by atoms with Crippen LogP contribution in [0.25, 0.3) is 0 Å². The van der Waals surface area contributed by atoms with E-state index >= 15 is 0 Å². The van der Waals surface area contributed by atoms with Gasteiger partial charge < -0.3 is 9.84 Å². The summed E-state index contributed by atoms with van der Waals surface area (Å²) < 4.78 is 18.2. The number of carboxylic acid groups (broad SMARTS) is 1. The maximum absolute atomic E-state index is 12.7. The summed E-state index contributed by atoms with van der Waals surface area (Å²) in [4.78, 5) is 11.1. The van der Waals surface area contributed by atoms with Gasteiger partial charge in [0.2, 0.25) is 0 Å². The minimum atomic E-state index is -1.15. The van der Waals surface area contributed by atoms with Crippen LogP contribution in [0.4, 0.5) is 4.39 Å². The molecule has 0 amide bonds. The second kappa shape index (κ2) is 5.71. The van der Waals surface area contributed by atoms with Crippen LogP contribution in [0, 0.1) is 5.82 Å². The minimum Gasteiger partial charge on any atom is -0.488 e. The fourth-order valence-electron chi connectivity index (χ4n) is 1.57. The van der Waals surface area contributed by atoms with Gasteiger partial charge in [-0.15, -0.1) is 0 Å². The first-order valence-corrected chi connectivity index (χ1v) is 5.85. The molecule has 0 atom stereocenters. The Morgan fingerprint density at radius 2 is 1.89 bits per heavy atom. The Bertz CT molecular complexity index is 596. The zero-order chi connectivity index (χ0) is 13.8. The largest absolute Gasteiger partial charge is 0.488 e. The van der Waals surface area contributed by atoms with Gasteiger partial charge >= 0.3 is 5.97 Å². The lowest BCUT2D eigenvalue weighted by atomic mass is 10.2. The van der Waals surface area contributed by atoms with Crippen LogP contribution < -0.4 is 4.74 Å². The summed E-state index contributed by atoms with van der Waals surface area (Å²) in [5, 5.41) is 9.18. The van der Waals surface area contributed by atoms with Crippen molar-refractivity contribution in [2.24, 2.45) is 0 Å². The van der Waals surface area contributed by atoms with Gasteiger partial charge in [0.05, 0.1) is 5.02 Å². The van der Waals surface area contributed by atoms with Crippen molar-refractivity contribution in [1.29, 1.82) is 0 Å². The van der Waals surface area contributed by atoms with Crippen molar-refractivity contribution >= 4 is 17.6 Å². The molecule has 0 aromatic heterocycles. The number of ether oxygens (including phenoxy) is 1. The number of benzene rings is 2. The molecule has 0 saturated carbocycles. The summed E-state index contributed by atoms with van der Waals surface area (Å²) in [6, 6.07) is 10.4. The lowest BCUT2D eigenvalue weighted by molar-refractivity contribution is 0.0692. The highest BCUT2D eigenvalue weighted by Gasteiger charge is 2.15. The number of hydrogen-bond acceptors (Lipinski definition) is 2. The Labute approximate surface area is 114 Å². The van der Waals surface area contributed by atoms with Crippen LogP contribution in [0.1, 0.15) is 15.9 Å². The van der Waals surface area contributed by atoms with Crippen molar-refractivity contribution < 1.29 is 19.0 Å². The molecule has 2 rings (SSSR count). The number of rotatable bonds is 4. The number of aromatic carboxylic acids is 1. The van der Waals surface area contributed by atoms with Gasteiger partial charge in [0.1, 0.15) is 23.7 Å². The fraction of sp³-hybridized carbons (Fsp3) is 0.0714. The molecule has 2 aromatic carbocycles. The third-order valence-corrected chi connectivity index (χ3v) is 2.81. The van der Waals surface area contributed by atoms with Gasteiger partial charge in [-0.25, -0.2) is 9.18 Å². The van der Waals surface area contributed by atoms with Crippen LogP contribution in [0.15, 0.2) is 42.5 Å². The van der Waals surface area contributed by atoms with Crippen molar-refractivity contribution in [2.75, 3.05) is 0 Å². The molecule has 0 unspecified atom stereocenters. The number of carbonyl (C=O) groups is 1. The van der Waals surface area contributed by atoms with E-state index in [-0.39, 0.29) is 28.8 Å². The van der Waals surface area contributed by atoms with Crippen molar-refractivity contribution in [1.82, 2.24) is 0 Å². The van der Waals surface area contributed by atoms with Gasteiger partial charge in [-0.1, -0.05) is 29.8 Å². The molecule has 1 N–H and O–H groups in total. The van der Waals surface area contributed by atoms with Crippen molar-refractivity contribution in [3.8, 4) is 5.75 Å². The maximum atomic E-state index is 12.7. The molecular weight excluding hydrogens is 271 g/mol. The molecule has 0 saturated heterocycles. The second-order valence-electron chi connectivity index (χ2n) is 3.83. The Morgan fingerprint density at radius 1 is 1.21 bits per heavy atom. The topological polar surface area (TPSA) is 46.5 Å². The fourth-order valence-corrected chi connectivity index (χ4v) is 1.82. The van der Waals surface area contributed by atoms with E-state index in [0.29, 0.717) is 0 Å². The summed E-state index contributed by atoms with van der Waals surface area (Å²) in [6.45, 7) is 0.140. The minimum absolute atomic E-state index is 0.0775. The molecule has 0 aliphatic heterocycles. The standard InChI is InChI=1S/C14H10ClFO3/c15-11-2-1-3-12(13(11)14(17)18)19-8-9-4-6-10(16)7-5-9/h1-7H,8H2,(H,17,18). The quantitative estimate of drug-likeness (QED) is 0.927. The van der Waals surface area contributed by atoms with Crippen LogP contribution in [0.2, 0.25) is 5.02 Å². The first kappa shape index (κ1) is 13.4. The lowest BCUT2D eigenvalue weighted by Crippen LogP contribution is -2.04. The summed E-state index contributed by atoms with van der Waals surface area (Å²) >= 11 is 5.82. The first-order valence-electron chi connectivity index (χ1n) is 5.47. The highest BCUT2D eigenvalue weighted by Crippen LogP contribution is 2.27. The molecule has 3 nitrogen and oxygen atoms in total. The Kier molecular flexibility index (Phi) is 4.02. The molecule has 2 aromatic rings. The van der Waals surface area contributed by atoms with Gasteiger partial charge in [0.25, 0.3) is 0 Å².